The third-order valence-electron chi connectivity index (χ3n) is 4.84. The zero-order valence-corrected chi connectivity index (χ0v) is 19.4. The molecule has 0 fully saturated rings. The summed E-state index contributed by atoms with van der Waals surface area (Å²) in [5.41, 5.74) is 7.70. The number of rotatable bonds is 7. The topological polar surface area (TPSA) is 116 Å². The van der Waals surface area contributed by atoms with Crippen molar-refractivity contribution in [2.75, 3.05) is 20.7 Å². The van der Waals surface area contributed by atoms with Crippen LogP contribution in [0.15, 0.2) is 53.2 Å². The molecule has 0 aliphatic rings. The number of ether oxygens (including phenoxy) is 1. The fraction of sp³-hybridized carbons (Fsp3) is 0.238. The minimum atomic E-state index is -3.67. The average Bonchev–Trinajstić information content (AvgIpc) is 3.07. The molecule has 3 rings (SSSR count). The number of hydrogen-bond acceptors (Lipinski definition) is 6. The molecule has 32 heavy (non-hydrogen) atoms. The number of halogens is 2. The van der Waals surface area contributed by atoms with Crippen LogP contribution < -0.4 is 10.5 Å². The zero-order chi connectivity index (χ0) is 22.8. The van der Waals surface area contributed by atoms with E-state index < -0.39 is 21.8 Å². The maximum Gasteiger partial charge on any atom is 0.337 e. The number of methoxy groups -OCH3 is 1. The van der Waals surface area contributed by atoms with E-state index in [4.69, 9.17) is 10.5 Å². The molecule has 0 bridgehead atoms. The molecular formula is C21H24ClFN4O4S. The maximum atomic E-state index is 14.2. The van der Waals surface area contributed by atoms with Gasteiger partial charge in [0.2, 0.25) is 10.0 Å². The number of hydrogen-bond donors (Lipinski definition) is 2. The summed E-state index contributed by atoms with van der Waals surface area (Å²) in [7, 11) is -1.09. The van der Waals surface area contributed by atoms with Crippen molar-refractivity contribution < 1.29 is 22.3 Å². The van der Waals surface area contributed by atoms with E-state index in [1.54, 1.807) is 35.8 Å². The molecule has 2 aromatic carbocycles. The summed E-state index contributed by atoms with van der Waals surface area (Å²) in [5, 5.41) is 0. The molecule has 0 aliphatic carbocycles. The predicted octanol–water partition coefficient (Wildman–Crippen LogP) is 2.94. The van der Waals surface area contributed by atoms with Gasteiger partial charge in [0, 0.05) is 12.1 Å². The molecule has 0 amide bonds. The highest BCUT2D eigenvalue weighted by Gasteiger charge is 2.20. The van der Waals surface area contributed by atoms with Crippen molar-refractivity contribution in [3.63, 3.8) is 0 Å². The van der Waals surface area contributed by atoms with Crippen LogP contribution in [0, 0.1) is 6.92 Å². The Bertz CT molecular complexity index is 1290. The third-order valence-corrected chi connectivity index (χ3v) is 6.25. The number of nitrogens with two attached hydrogens (primary N) is 1. The fourth-order valence-electron chi connectivity index (χ4n) is 3.29. The number of allylic oxidation sites excluding steroid dienone is 1. The average molecular weight is 483 g/mol. The number of carbonyl (C=O) groups excluding carboxylic acids is 1. The van der Waals surface area contributed by atoms with Crippen LogP contribution in [0.4, 0.5) is 4.39 Å². The van der Waals surface area contributed by atoms with E-state index in [0.29, 0.717) is 28.0 Å². The Hall–Kier alpha value is -2.79. The molecule has 11 heteroatoms. The van der Waals surface area contributed by atoms with Gasteiger partial charge in [-0.2, -0.15) is 0 Å². The first-order valence-electron chi connectivity index (χ1n) is 9.39. The van der Waals surface area contributed by atoms with Crippen LogP contribution in [0.5, 0.6) is 0 Å². The molecule has 0 atom stereocenters. The number of benzene rings is 2. The van der Waals surface area contributed by atoms with Gasteiger partial charge in [-0.1, -0.05) is 12.1 Å². The van der Waals surface area contributed by atoms with Crippen LogP contribution in [-0.2, 0) is 21.3 Å². The number of fused-ring (bicyclic) bond motifs is 1. The van der Waals surface area contributed by atoms with Crippen LogP contribution >= 0.6 is 12.4 Å². The highest BCUT2D eigenvalue weighted by Crippen LogP contribution is 2.32. The van der Waals surface area contributed by atoms with Crippen molar-refractivity contribution in [3.8, 4) is 11.1 Å². The number of nitrogens with one attached hydrogen (secondary N) is 1. The molecule has 0 saturated carbocycles. The molecular weight excluding hydrogens is 459 g/mol. The summed E-state index contributed by atoms with van der Waals surface area (Å²) in [6.07, 6.45) is 1.27. The minimum absolute atomic E-state index is 0. The summed E-state index contributed by atoms with van der Waals surface area (Å²) < 4.78 is 47.5. The highest BCUT2D eigenvalue weighted by atomic mass is 35.5. The van der Waals surface area contributed by atoms with E-state index in [0.717, 1.165) is 0 Å². The lowest BCUT2D eigenvalue weighted by Crippen LogP contribution is -2.18. The van der Waals surface area contributed by atoms with Crippen LogP contribution in [0.2, 0.25) is 0 Å². The lowest BCUT2D eigenvalue weighted by Gasteiger charge is -2.10. The second-order valence-electron chi connectivity index (χ2n) is 6.75. The molecule has 3 aromatic rings. The van der Waals surface area contributed by atoms with Gasteiger partial charge in [-0.3, -0.25) is 0 Å². The normalized spacial score (nSPS) is 12.0. The summed E-state index contributed by atoms with van der Waals surface area (Å²) in [6, 6.07) is 9.44. The molecule has 8 nitrogen and oxygen atoms in total. The number of carbonyl (C=O) groups is 1. The van der Waals surface area contributed by atoms with E-state index in [1.165, 1.54) is 32.4 Å². The van der Waals surface area contributed by atoms with Gasteiger partial charge in [0.25, 0.3) is 0 Å². The number of imidazole rings is 1. The minimum Gasteiger partial charge on any atom is -0.465 e. The number of aryl methyl sites for hydroxylation is 1. The first-order chi connectivity index (χ1) is 14.7. The number of esters is 1. The van der Waals surface area contributed by atoms with Gasteiger partial charge in [0.1, 0.15) is 11.7 Å². The smallest absolute Gasteiger partial charge is 0.337 e. The van der Waals surface area contributed by atoms with E-state index in [1.807, 2.05) is 0 Å². The number of nitrogens with zero attached hydrogens (tertiary/aromatic N) is 2. The molecule has 1 aromatic heterocycles. The van der Waals surface area contributed by atoms with Crippen molar-refractivity contribution in [1.82, 2.24) is 14.3 Å². The van der Waals surface area contributed by atoms with Crippen molar-refractivity contribution >= 4 is 39.4 Å². The Morgan fingerprint density at radius 1 is 1.31 bits per heavy atom. The highest BCUT2D eigenvalue weighted by molar-refractivity contribution is 7.89. The van der Waals surface area contributed by atoms with E-state index in [-0.39, 0.29) is 36.0 Å². The summed E-state index contributed by atoms with van der Waals surface area (Å²) in [4.78, 5) is 16.9. The molecule has 0 radical (unpaired) electrons. The van der Waals surface area contributed by atoms with Crippen molar-refractivity contribution in [2.24, 2.45) is 5.73 Å². The maximum absolute atomic E-state index is 14.2. The number of sulfonamides is 1. The fourth-order valence-corrected chi connectivity index (χ4v) is 4.06. The number of aromatic nitrogens is 2. The second kappa shape index (κ2) is 10.2. The van der Waals surface area contributed by atoms with Crippen LogP contribution in [0.3, 0.4) is 0 Å². The molecule has 1 heterocycles. The lowest BCUT2D eigenvalue weighted by atomic mass is 10.0. The van der Waals surface area contributed by atoms with Crippen molar-refractivity contribution in [2.45, 2.75) is 18.4 Å². The van der Waals surface area contributed by atoms with E-state index >= 15 is 0 Å². The Morgan fingerprint density at radius 2 is 2.03 bits per heavy atom. The largest absolute Gasteiger partial charge is 0.465 e. The van der Waals surface area contributed by atoms with Gasteiger partial charge in [0.15, 0.2) is 0 Å². The SMILES string of the molecule is CNS(=O)(=O)c1cccc(-c2cc(C(=O)OC)cc3c2nc(C)n3CC(F)=CCN)c1.Cl. The van der Waals surface area contributed by atoms with Gasteiger partial charge >= 0.3 is 5.97 Å². The first-order valence-corrected chi connectivity index (χ1v) is 10.9. The first kappa shape index (κ1) is 25.5. The lowest BCUT2D eigenvalue weighted by molar-refractivity contribution is 0.0601. The Balaban J connectivity index is 0.00000363. The van der Waals surface area contributed by atoms with Crippen LogP contribution in [0.25, 0.3) is 22.2 Å². The third kappa shape index (κ3) is 4.99. The Morgan fingerprint density at radius 3 is 2.66 bits per heavy atom. The molecule has 0 spiro atoms. The van der Waals surface area contributed by atoms with Gasteiger partial charge in [-0.15, -0.1) is 12.4 Å². The van der Waals surface area contributed by atoms with Crippen LogP contribution in [0.1, 0.15) is 16.2 Å². The summed E-state index contributed by atoms with van der Waals surface area (Å²) in [6.45, 7) is 1.68. The predicted molar refractivity (Wildman–Crippen MR) is 123 cm³/mol. The molecule has 172 valence electrons. The van der Waals surface area contributed by atoms with Crippen molar-refractivity contribution in [3.05, 3.63) is 59.7 Å². The van der Waals surface area contributed by atoms with E-state index in [9.17, 15) is 17.6 Å². The van der Waals surface area contributed by atoms with E-state index in [2.05, 4.69) is 9.71 Å². The molecule has 0 aliphatic heterocycles. The van der Waals surface area contributed by atoms with Gasteiger partial charge in [-0.05, 0) is 49.9 Å². The quantitative estimate of drug-likeness (QED) is 0.500. The zero-order valence-electron chi connectivity index (χ0n) is 17.8. The standard InChI is InChI=1S/C21H23FN4O4S.ClH/c1-13-25-20-18(14-5-4-6-17(9-14)31(28,29)24-2)10-15(21(27)30-3)11-19(20)26(13)12-16(22)7-8-23;/h4-7,9-11,24H,8,12,23H2,1-3H3;1H. The Kier molecular flexibility index (Phi) is 8.13. The molecule has 0 saturated heterocycles. The van der Waals surface area contributed by atoms with Crippen molar-refractivity contribution in [1.29, 1.82) is 0 Å². The Labute approximate surface area is 191 Å². The van der Waals surface area contributed by atoms with Gasteiger partial charge in [-0.25, -0.2) is 27.3 Å². The summed E-state index contributed by atoms with van der Waals surface area (Å²) in [5.74, 6) is -0.486. The van der Waals surface area contributed by atoms with Crippen LogP contribution in [-0.4, -0.2) is 44.6 Å². The molecule has 3 N–H and O–H groups in total. The monoisotopic (exact) mass is 482 g/mol. The van der Waals surface area contributed by atoms with Gasteiger partial charge in [0.05, 0.1) is 35.1 Å². The summed E-state index contributed by atoms with van der Waals surface area (Å²) >= 11 is 0. The van der Waals surface area contributed by atoms with Gasteiger partial charge < -0.3 is 15.0 Å². The molecule has 0 unspecified atom stereocenters. The second-order valence-corrected chi connectivity index (χ2v) is 8.64.